The molecule has 102 valence electrons. The summed E-state index contributed by atoms with van der Waals surface area (Å²) >= 11 is 0. The van der Waals surface area contributed by atoms with Crippen molar-refractivity contribution in [3.05, 3.63) is 29.8 Å². The fourth-order valence-corrected chi connectivity index (χ4v) is 1.98. The third-order valence-electron chi connectivity index (χ3n) is 2.91. The first-order valence-corrected chi connectivity index (χ1v) is 6.01. The number of hydrogen-bond donors (Lipinski definition) is 2. The van der Waals surface area contributed by atoms with Crippen LogP contribution in [0.25, 0.3) is 0 Å². The number of rotatable bonds is 4. The molecule has 0 spiro atoms. The van der Waals surface area contributed by atoms with E-state index in [1.54, 1.807) is 0 Å². The Morgan fingerprint density at radius 2 is 2.21 bits per heavy atom. The molecule has 0 saturated heterocycles. The van der Waals surface area contributed by atoms with Gasteiger partial charge < -0.3 is 20.1 Å². The Hall–Kier alpha value is -2.24. The number of carbonyl (C=O) groups excluding carboxylic acids is 1. The quantitative estimate of drug-likeness (QED) is 0.839. The zero-order chi connectivity index (χ0) is 13.8. The first kappa shape index (κ1) is 13.2. The highest BCUT2D eigenvalue weighted by molar-refractivity contribution is 5.79. The lowest BCUT2D eigenvalue weighted by Crippen LogP contribution is -2.43. The Balaban J connectivity index is 1.79. The number of para-hydroxylation sites is 1. The summed E-state index contributed by atoms with van der Waals surface area (Å²) in [6, 6.07) is 7.33. The van der Waals surface area contributed by atoms with E-state index in [1.807, 2.05) is 24.3 Å². The number of benzene rings is 1. The van der Waals surface area contributed by atoms with Crippen molar-refractivity contribution in [3.63, 3.8) is 0 Å². The van der Waals surface area contributed by atoms with E-state index >= 15 is 0 Å². The molecule has 1 unspecified atom stereocenters. The topological polar surface area (TPSA) is 78.9 Å². The van der Waals surface area contributed by atoms with E-state index < -0.39 is 12.0 Å². The van der Waals surface area contributed by atoms with Gasteiger partial charge >= 0.3 is 12.0 Å². The van der Waals surface area contributed by atoms with Crippen LogP contribution < -0.4 is 10.1 Å². The maximum atomic E-state index is 11.6. The molecule has 0 aromatic heterocycles. The number of hydrogen-bond acceptors (Lipinski definition) is 3. The molecular formula is C13H16N2O4. The molecule has 1 heterocycles. The van der Waals surface area contributed by atoms with Gasteiger partial charge in [0.2, 0.25) is 0 Å². The number of likely N-dealkylation sites (N-methyl/N-ethyl adjacent to an activating group) is 1. The highest BCUT2D eigenvalue weighted by Crippen LogP contribution is 2.27. The standard InChI is InChI=1S/C13H16N2O4/c1-15(8-12(16)17)13(18)14-7-10-6-9-4-2-3-5-11(9)19-10/h2-5,10H,6-8H2,1H3,(H,14,18)(H,16,17). The van der Waals surface area contributed by atoms with E-state index in [9.17, 15) is 9.59 Å². The van der Waals surface area contributed by atoms with Gasteiger partial charge in [0.05, 0.1) is 6.54 Å². The largest absolute Gasteiger partial charge is 0.488 e. The average molecular weight is 264 g/mol. The van der Waals surface area contributed by atoms with Gasteiger partial charge in [-0.3, -0.25) is 4.79 Å². The molecule has 1 aromatic carbocycles. The lowest BCUT2D eigenvalue weighted by Gasteiger charge is -2.17. The second-order valence-corrected chi connectivity index (χ2v) is 4.49. The van der Waals surface area contributed by atoms with Gasteiger partial charge in [0.25, 0.3) is 0 Å². The molecule has 1 aliphatic rings. The molecule has 6 heteroatoms. The van der Waals surface area contributed by atoms with Crippen LogP contribution in [0.2, 0.25) is 0 Å². The van der Waals surface area contributed by atoms with Gasteiger partial charge in [-0.15, -0.1) is 0 Å². The van der Waals surface area contributed by atoms with Gasteiger partial charge in [-0.05, 0) is 11.6 Å². The molecule has 6 nitrogen and oxygen atoms in total. The summed E-state index contributed by atoms with van der Waals surface area (Å²) in [5, 5.41) is 11.2. The van der Waals surface area contributed by atoms with Crippen molar-refractivity contribution in [2.75, 3.05) is 20.1 Å². The number of nitrogens with zero attached hydrogens (tertiary/aromatic N) is 1. The first-order valence-electron chi connectivity index (χ1n) is 6.01. The first-order chi connectivity index (χ1) is 9.06. The van der Waals surface area contributed by atoms with Gasteiger partial charge in [-0.2, -0.15) is 0 Å². The van der Waals surface area contributed by atoms with Crippen LogP contribution in [0.3, 0.4) is 0 Å². The molecule has 0 bridgehead atoms. The van der Waals surface area contributed by atoms with E-state index in [4.69, 9.17) is 9.84 Å². The summed E-state index contributed by atoms with van der Waals surface area (Å²) < 4.78 is 5.67. The molecule has 2 N–H and O–H groups in total. The van der Waals surface area contributed by atoms with E-state index in [-0.39, 0.29) is 12.6 Å². The molecule has 1 aromatic rings. The van der Waals surface area contributed by atoms with Crippen LogP contribution in [0.4, 0.5) is 4.79 Å². The Kier molecular flexibility index (Phi) is 3.89. The molecule has 0 aliphatic carbocycles. The fourth-order valence-electron chi connectivity index (χ4n) is 1.98. The summed E-state index contributed by atoms with van der Waals surface area (Å²) in [4.78, 5) is 23.2. The predicted molar refractivity (Wildman–Crippen MR) is 68.2 cm³/mol. The van der Waals surface area contributed by atoms with Crippen molar-refractivity contribution in [2.45, 2.75) is 12.5 Å². The van der Waals surface area contributed by atoms with Crippen LogP contribution in [0.1, 0.15) is 5.56 Å². The SMILES string of the molecule is CN(CC(=O)O)C(=O)NCC1Cc2ccccc2O1. The third kappa shape index (κ3) is 3.37. The van der Waals surface area contributed by atoms with Gasteiger partial charge in [0.1, 0.15) is 18.4 Å². The molecule has 0 saturated carbocycles. The van der Waals surface area contributed by atoms with Gasteiger partial charge in [0, 0.05) is 13.5 Å². The Morgan fingerprint density at radius 3 is 2.89 bits per heavy atom. The summed E-state index contributed by atoms with van der Waals surface area (Å²) in [6.07, 6.45) is 0.651. The molecule has 19 heavy (non-hydrogen) atoms. The van der Waals surface area contributed by atoms with Crippen molar-refractivity contribution in [2.24, 2.45) is 0 Å². The number of aliphatic carboxylic acids is 1. The molecular weight excluding hydrogens is 248 g/mol. The highest BCUT2D eigenvalue weighted by atomic mass is 16.5. The van der Waals surface area contributed by atoms with Crippen molar-refractivity contribution in [3.8, 4) is 5.75 Å². The maximum Gasteiger partial charge on any atom is 0.323 e. The minimum Gasteiger partial charge on any atom is -0.488 e. The van der Waals surface area contributed by atoms with Crippen molar-refractivity contribution in [1.29, 1.82) is 0 Å². The van der Waals surface area contributed by atoms with Crippen LogP contribution in [0.5, 0.6) is 5.75 Å². The number of carbonyl (C=O) groups is 2. The molecule has 1 aliphatic heterocycles. The number of fused-ring (bicyclic) bond motifs is 1. The molecule has 0 fully saturated rings. The lowest BCUT2D eigenvalue weighted by atomic mass is 10.1. The van der Waals surface area contributed by atoms with Crippen molar-refractivity contribution >= 4 is 12.0 Å². The van der Waals surface area contributed by atoms with Gasteiger partial charge in [-0.1, -0.05) is 18.2 Å². The smallest absolute Gasteiger partial charge is 0.323 e. The summed E-state index contributed by atoms with van der Waals surface area (Å²) in [5.41, 5.74) is 1.13. The molecule has 1 atom stereocenters. The second-order valence-electron chi connectivity index (χ2n) is 4.49. The van der Waals surface area contributed by atoms with Crippen molar-refractivity contribution in [1.82, 2.24) is 10.2 Å². The number of carboxylic acid groups (broad SMARTS) is 1. The van der Waals surface area contributed by atoms with Crippen LogP contribution in [-0.2, 0) is 11.2 Å². The van der Waals surface area contributed by atoms with Crippen LogP contribution in [0, 0.1) is 0 Å². The van der Waals surface area contributed by atoms with E-state index in [2.05, 4.69) is 5.32 Å². The molecule has 0 radical (unpaired) electrons. The normalized spacial score (nSPS) is 16.4. The number of ether oxygens (including phenoxy) is 1. The number of urea groups is 1. The Bertz CT molecular complexity index is 464. The number of carboxylic acids is 1. The van der Waals surface area contributed by atoms with Gasteiger partial charge in [0.15, 0.2) is 0 Å². The van der Waals surface area contributed by atoms with E-state index in [0.29, 0.717) is 6.54 Å². The second kappa shape index (κ2) is 5.60. The van der Waals surface area contributed by atoms with Crippen LogP contribution in [-0.4, -0.2) is 48.2 Å². The van der Waals surface area contributed by atoms with Crippen LogP contribution in [0.15, 0.2) is 24.3 Å². The number of nitrogens with one attached hydrogen (secondary N) is 1. The Morgan fingerprint density at radius 1 is 1.47 bits per heavy atom. The molecule has 2 amide bonds. The zero-order valence-electron chi connectivity index (χ0n) is 10.6. The summed E-state index contributed by atoms with van der Waals surface area (Å²) in [5.74, 6) is -0.192. The monoisotopic (exact) mass is 264 g/mol. The van der Waals surface area contributed by atoms with Crippen LogP contribution >= 0.6 is 0 Å². The van der Waals surface area contributed by atoms with E-state index in [0.717, 1.165) is 22.6 Å². The maximum absolute atomic E-state index is 11.6. The average Bonchev–Trinajstić information content (AvgIpc) is 2.77. The van der Waals surface area contributed by atoms with Crippen molar-refractivity contribution < 1.29 is 19.4 Å². The van der Waals surface area contributed by atoms with Gasteiger partial charge in [-0.25, -0.2) is 4.79 Å². The predicted octanol–water partition coefficient (Wildman–Crippen LogP) is 0.716. The lowest BCUT2D eigenvalue weighted by molar-refractivity contribution is -0.137. The minimum absolute atomic E-state index is 0.0976. The minimum atomic E-state index is -1.04. The summed E-state index contributed by atoms with van der Waals surface area (Å²) in [7, 11) is 1.44. The Labute approximate surface area is 111 Å². The third-order valence-corrected chi connectivity index (χ3v) is 2.91. The molecule has 2 rings (SSSR count). The number of amides is 2. The highest BCUT2D eigenvalue weighted by Gasteiger charge is 2.23. The zero-order valence-corrected chi connectivity index (χ0v) is 10.6. The fraction of sp³-hybridized carbons (Fsp3) is 0.385. The van der Waals surface area contributed by atoms with E-state index in [1.165, 1.54) is 7.05 Å². The summed E-state index contributed by atoms with van der Waals surface area (Å²) in [6.45, 7) is 0.0368.